The second-order valence-corrected chi connectivity index (χ2v) is 6.54. The van der Waals surface area contributed by atoms with Crippen LogP contribution < -0.4 is 10.6 Å². The molecule has 0 aliphatic carbocycles. The lowest BCUT2D eigenvalue weighted by molar-refractivity contribution is 0.197. The van der Waals surface area contributed by atoms with Crippen LogP contribution >= 0.6 is 0 Å². The van der Waals surface area contributed by atoms with Crippen LogP contribution in [-0.4, -0.2) is 30.2 Å². The van der Waals surface area contributed by atoms with Gasteiger partial charge in [-0.05, 0) is 31.9 Å². The highest BCUT2D eigenvalue weighted by Gasteiger charge is 2.08. The van der Waals surface area contributed by atoms with E-state index in [9.17, 15) is 0 Å². The van der Waals surface area contributed by atoms with Crippen molar-refractivity contribution in [3.8, 4) is 11.3 Å². The number of hydrogen-bond donors (Lipinski definition) is 2. The van der Waals surface area contributed by atoms with Crippen molar-refractivity contribution < 1.29 is 4.74 Å². The monoisotopic (exact) mass is 362 g/mol. The molecule has 140 valence electrons. The Morgan fingerprint density at radius 3 is 2.52 bits per heavy atom. The number of ether oxygens (including phenoxy) is 1. The summed E-state index contributed by atoms with van der Waals surface area (Å²) in [6.07, 6.45) is 0.898. The number of methoxy groups -OCH3 is 1. The number of nitrogens with zero attached hydrogens (tertiary/aromatic N) is 2. The van der Waals surface area contributed by atoms with Gasteiger partial charge in [-0.3, -0.25) is 0 Å². The third-order valence-corrected chi connectivity index (χ3v) is 4.25. The van der Waals surface area contributed by atoms with E-state index >= 15 is 0 Å². The van der Waals surface area contributed by atoms with Gasteiger partial charge in [0.2, 0.25) is 5.95 Å². The van der Waals surface area contributed by atoms with E-state index < -0.39 is 0 Å². The number of nitrogens with one attached hydrogen (secondary N) is 2. The minimum absolute atomic E-state index is 0.611. The number of hydrogen-bond acceptors (Lipinski definition) is 5. The summed E-state index contributed by atoms with van der Waals surface area (Å²) < 4.78 is 5.11. The van der Waals surface area contributed by atoms with Gasteiger partial charge in [-0.2, -0.15) is 4.98 Å². The van der Waals surface area contributed by atoms with Gasteiger partial charge in [-0.25, -0.2) is 4.98 Å². The molecule has 0 aliphatic heterocycles. The Bertz CT molecular complexity index is 881. The largest absolute Gasteiger partial charge is 0.385 e. The predicted molar refractivity (Wildman–Crippen MR) is 112 cm³/mol. The molecular formula is C22H26N4O. The third-order valence-electron chi connectivity index (χ3n) is 4.25. The van der Waals surface area contributed by atoms with Crippen LogP contribution in [0.2, 0.25) is 0 Å². The zero-order chi connectivity index (χ0) is 19.1. The number of anilines is 3. The summed E-state index contributed by atoms with van der Waals surface area (Å²) in [4.78, 5) is 9.32. The van der Waals surface area contributed by atoms with Gasteiger partial charge in [0, 0.05) is 37.6 Å². The molecule has 0 bridgehead atoms. The van der Waals surface area contributed by atoms with Crippen LogP contribution in [0.1, 0.15) is 17.5 Å². The normalized spacial score (nSPS) is 10.6. The van der Waals surface area contributed by atoms with Gasteiger partial charge in [-0.1, -0.05) is 48.0 Å². The number of rotatable bonds is 8. The van der Waals surface area contributed by atoms with E-state index in [-0.39, 0.29) is 0 Å². The van der Waals surface area contributed by atoms with Gasteiger partial charge in [0.25, 0.3) is 0 Å². The molecule has 0 radical (unpaired) electrons. The summed E-state index contributed by atoms with van der Waals surface area (Å²) in [7, 11) is 1.71. The molecule has 2 aromatic carbocycles. The highest BCUT2D eigenvalue weighted by atomic mass is 16.5. The molecule has 0 aliphatic rings. The minimum atomic E-state index is 0.611. The summed E-state index contributed by atoms with van der Waals surface area (Å²) in [6, 6.07) is 18.5. The van der Waals surface area contributed by atoms with Crippen LogP contribution in [0.15, 0.2) is 54.6 Å². The van der Waals surface area contributed by atoms with Crippen molar-refractivity contribution in [3.05, 3.63) is 65.7 Å². The molecule has 3 aromatic rings. The summed E-state index contributed by atoms with van der Waals surface area (Å²) in [6.45, 7) is 5.66. The molecule has 0 saturated carbocycles. The Morgan fingerprint density at radius 1 is 0.963 bits per heavy atom. The SMILES string of the molecule is COCCCNc1nc(Nc2ccc(C)cc2C)cc(-c2ccccc2)n1. The van der Waals surface area contributed by atoms with Crippen molar-refractivity contribution in [1.82, 2.24) is 9.97 Å². The van der Waals surface area contributed by atoms with Crippen molar-refractivity contribution in [3.63, 3.8) is 0 Å². The molecule has 2 N–H and O–H groups in total. The van der Waals surface area contributed by atoms with Crippen molar-refractivity contribution in [1.29, 1.82) is 0 Å². The zero-order valence-electron chi connectivity index (χ0n) is 16.1. The van der Waals surface area contributed by atoms with Crippen LogP contribution in [0, 0.1) is 13.8 Å². The van der Waals surface area contributed by atoms with E-state index in [0.29, 0.717) is 12.6 Å². The molecule has 0 saturated heterocycles. The molecule has 1 heterocycles. The van der Waals surface area contributed by atoms with E-state index in [1.54, 1.807) is 7.11 Å². The van der Waals surface area contributed by atoms with Crippen LogP contribution in [0.3, 0.4) is 0 Å². The molecule has 5 nitrogen and oxygen atoms in total. The maximum absolute atomic E-state index is 5.11. The maximum atomic E-state index is 5.11. The van der Waals surface area contributed by atoms with Gasteiger partial charge in [0.15, 0.2) is 0 Å². The van der Waals surface area contributed by atoms with Crippen molar-refractivity contribution >= 4 is 17.5 Å². The molecule has 0 fully saturated rings. The van der Waals surface area contributed by atoms with Crippen LogP contribution in [0.25, 0.3) is 11.3 Å². The van der Waals surface area contributed by atoms with Gasteiger partial charge in [0.1, 0.15) is 5.82 Å². The van der Waals surface area contributed by atoms with E-state index in [1.807, 2.05) is 24.3 Å². The number of benzene rings is 2. The first-order chi connectivity index (χ1) is 13.2. The molecule has 27 heavy (non-hydrogen) atoms. The first-order valence-electron chi connectivity index (χ1n) is 9.17. The fraction of sp³-hybridized carbons (Fsp3) is 0.273. The number of aryl methyl sites for hydroxylation is 2. The van der Waals surface area contributed by atoms with E-state index in [2.05, 4.69) is 64.8 Å². The molecule has 3 rings (SSSR count). The molecule has 0 atom stereocenters. The average molecular weight is 362 g/mol. The van der Waals surface area contributed by atoms with Crippen molar-refractivity contribution in [2.75, 3.05) is 30.9 Å². The topological polar surface area (TPSA) is 59.1 Å². The number of aromatic nitrogens is 2. The molecule has 0 unspecified atom stereocenters. The van der Waals surface area contributed by atoms with Gasteiger partial charge < -0.3 is 15.4 Å². The van der Waals surface area contributed by atoms with Crippen LogP contribution in [0.4, 0.5) is 17.5 Å². The lowest BCUT2D eigenvalue weighted by Crippen LogP contribution is -2.09. The molecule has 1 aromatic heterocycles. The molecule has 0 amide bonds. The van der Waals surface area contributed by atoms with Crippen LogP contribution in [-0.2, 0) is 4.74 Å². The standard InChI is InChI=1S/C22H26N4O/c1-16-10-11-19(17(2)14-16)24-21-15-20(18-8-5-4-6-9-18)25-22(26-21)23-12-7-13-27-3/h4-6,8-11,14-15H,7,12-13H2,1-3H3,(H2,23,24,25,26). The van der Waals surface area contributed by atoms with Crippen LogP contribution in [0.5, 0.6) is 0 Å². The first kappa shape index (κ1) is 18.9. The van der Waals surface area contributed by atoms with Gasteiger partial charge >= 0.3 is 0 Å². The Labute approximate surface area is 160 Å². The van der Waals surface area contributed by atoms with Crippen molar-refractivity contribution in [2.24, 2.45) is 0 Å². The highest BCUT2D eigenvalue weighted by molar-refractivity contribution is 5.68. The fourth-order valence-electron chi connectivity index (χ4n) is 2.86. The molecule has 0 spiro atoms. The summed E-state index contributed by atoms with van der Waals surface area (Å²) in [5, 5.41) is 6.73. The minimum Gasteiger partial charge on any atom is -0.385 e. The Morgan fingerprint density at radius 2 is 1.78 bits per heavy atom. The van der Waals surface area contributed by atoms with E-state index in [0.717, 1.165) is 35.7 Å². The maximum Gasteiger partial charge on any atom is 0.225 e. The second kappa shape index (κ2) is 9.14. The lowest BCUT2D eigenvalue weighted by Gasteiger charge is -2.13. The Hall–Kier alpha value is -2.92. The zero-order valence-corrected chi connectivity index (χ0v) is 16.1. The smallest absolute Gasteiger partial charge is 0.225 e. The Kier molecular flexibility index (Phi) is 6.39. The summed E-state index contributed by atoms with van der Waals surface area (Å²) in [5.74, 6) is 1.38. The average Bonchev–Trinajstić information content (AvgIpc) is 2.68. The van der Waals surface area contributed by atoms with E-state index in [4.69, 9.17) is 4.74 Å². The summed E-state index contributed by atoms with van der Waals surface area (Å²) in [5.41, 5.74) is 5.41. The van der Waals surface area contributed by atoms with Crippen molar-refractivity contribution in [2.45, 2.75) is 20.3 Å². The van der Waals surface area contributed by atoms with E-state index in [1.165, 1.54) is 11.1 Å². The predicted octanol–water partition coefficient (Wildman–Crippen LogP) is 4.95. The molecular weight excluding hydrogens is 336 g/mol. The van der Waals surface area contributed by atoms with Gasteiger partial charge in [0.05, 0.1) is 5.69 Å². The Balaban J connectivity index is 1.89. The first-order valence-corrected chi connectivity index (χ1v) is 9.17. The third kappa shape index (κ3) is 5.28. The quantitative estimate of drug-likeness (QED) is 0.555. The molecule has 5 heteroatoms. The highest BCUT2D eigenvalue weighted by Crippen LogP contribution is 2.25. The van der Waals surface area contributed by atoms with Gasteiger partial charge in [-0.15, -0.1) is 0 Å². The summed E-state index contributed by atoms with van der Waals surface area (Å²) >= 11 is 0. The lowest BCUT2D eigenvalue weighted by atomic mass is 10.1. The fourth-order valence-corrected chi connectivity index (χ4v) is 2.86. The second-order valence-electron chi connectivity index (χ2n) is 6.54.